The van der Waals surface area contributed by atoms with Crippen molar-refractivity contribution < 1.29 is 14.4 Å². The molecule has 0 aromatic rings. The van der Waals surface area contributed by atoms with E-state index in [0.29, 0.717) is 17.4 Å². The predicted octanol–water partition coefficient (Wildman–Crippen LogP) is 5.87. The number of carbonyl (C=O) groups excluding carboxylic acids is 1. The van der Waals surface area contributed by atoms with Crippen LogP contribution in [0.4, 0.5) is 0 Å². The first-order valence-electron chi connectivity index (χ1n) is 10.9. The zero-order valence-corrected chi connectivity index (χ0v) is 19.5. The van der Waals surface area contributed by atoms with Crippen molar-refractivity contribution in [1.82, 2.24) is 0 Å². The van der Waals surface area contributed by atoms with Crippen LogP contribution in [-0.2, 0) is 4.79 Å². The van der Waals surface area contributed by atoms with Gasteiger partial charge in [-0.25, -0.2) is 0 Å². The van der Waals surface area contributed by atoms with Crippen LogP contribution < -0.4 is 0 Å². The molecule has 0 spiro atoms. The summed E-state index contributed by atoms with van der Waals surface area (Å²) >= 11 is 3.39. The van der Waals surface area contributed by atoms with E-state index in [0.717, 1.165) is 12.8 Å². The Kier molecular flexibility index (Phi) is 16.1. The fourth-order valence-corrected chi connectivity index (χ4v) is 3.72. The highest BCUT2D eigenvalue weighted by Gasteiger charge is 2.27. The van der Waals surface area contributed by atoms with Crippen LogP contribution in [0.3, 0.4) is 0 Å². The van der Waals surface area contributed by atoms with Crippen LogP contribution in [0.1, 0.15) is 96.8 Å². The minimum Gasteiger partial charge on any atom is -0.386 e. The zero-order valence-electron chi connectivity index (χ0n) is 17.9. The normalized spacial score (nSPS) is 14.4. The Morgan fingerprint density at radius 3 is 1.58 bits per heavy atom. The van der Waals surface area contributed by atoms with E-state index >= 15 is 0 Å². The number of ketones is 1. The van der Waals surface area contributed by atoms with Crippen molar-refractivity contribution in [2.75, 3.05) is 27.7 Å². The quantitative estimate of drug-likeness (QED) is 0.166. The van der Waals surface area contributed by atoms with Gasteiger partial charge in [-0.05, 0) is 6.42 Å². The third kappa shape index (κ3) is 16.3. The number of nitrogens with zero attached hydrogens (tertiary/aromatic N) is 1. The molecule has 0 saturated heterocycles. The molecule has 0 radical (unpaired) electrons. The van der Waals surface area contributed by atoms with Crippen LogP contribution in [0, 0.1) is 0 Å². The van der Waals surface area contributed by atoms with Crippen molar-refractivity contribution in [3.8, 4) is 0 Å². The second-order valence-electron chi connectivity index (χ2n) is 8.90. The number of halogens is 1. The molecule has 2 unspecified atom stereocenters. The first kappa shape index (κ1) is 26.1. The Labute approximate surface area is 171 Å². The number of likely N-dealkylation sites (N-methyl/N-ethyl adjacent to an activating group) is 1. The summed E-state index contributed by atoms with van der Waals surface area (Å²) in [5.41, 5.74) is 0. The van der Waals surface area contributed by atoms with Gasteiger partial charge in [0, 0.05) is 6.42 Å². The molecule has 3 nitrogen and oxygen atoms in total. The van der Waals surface area contributed by atoms with Crippen LogP contribution in [0.25, 0.3) is 0 Å². The summed E-state index contributed by atoms with van der Waals surface area (Å²) in [5.74, 6) is 0.147. The summed E-state index contributed by atoms with van der Waals surface area (Å²) in [6.45, 7) is 2.85. The third-order valence-corrected chi connectivity index (χ3v) is 6.03. The lowest BCUT2D eigenvalue weighted by atomic mass is 10.0. The van der Waals surface area contributed by atoms with E-state index in [1.54, 1.807) is 0 Å². The molecular weight excluding hydrogens is 390 g/mol. The fourth-order valence-electron chi connectivity index (χ4n) is 3.32. The van der Waals surface area contributed by atoms with Gasteiger partial charge in [-0.15, -0.1) is 0 Å². The second-order valence-corrected chi connectivity index (χ2v) is 9.89. The molecule has 0 bridgehead atoms. The summed E-state index contributed by atoms with van der Waals surface area (Å²) in [7, 11) is 6.08. The SMILES string of the molecule is CCCCCCCCCCCCCCCC(=O)C(Br)C(O)C[N+](C)(C)C. The molecule has 0 aromatic carbocycles. The third-order valence-electron chi connectivity index (χ3n) is 4.91. The van der Waals surface area contributed by atoms with Crippen LogP contribution in [-0.4, -0.2) is 54.0 Å². The van der Waals surface area contributed by atoms with Crippen LogP contribution in [0.5, 0.6) is 0 Å². The van der Waals surface area contributed by atoms with Crippen molar-refractivity contribution in [3.63, 3.8) is 0 Å². The van der Waals surface area contributed by atoms with Gasteiger partial charge in [-0.3, -0.25) is 4.79 Å². The topological polar surface area (TPSA) is 37.3 Å². The Balaban J connectivity index is 3.48. The predicted molar refractivity (Wildman–Crippen MR) is 117 cm³/mol. The standard InChI is InChI=1S/C22H45BrNO2/c1-5-6-7-8-9-10-11-12-13-14-15-16-17-18-20(25)22(23)21(26)19-24(2,3)4/h21-22,26H,5-19H2,1-4H3/q+1. The highest BCUT2D eigenvalue weighted by Crippen LogP contribution is 2.16. The van der Waals surface area contributed by atoms with Crippen LogP contribution >= 0.6 is 15.9 Å². The smallest absolute Gasteiger partial charge is 0.149 e. The van der Waals surface area contributed by atoms with E-state index in [1.807, 2.05) is 21.1 Å². The molecule has 0 amide bonds. The number of hydrogen-bond donors (Lipinski definition) is 1. The highest BCUT2D eigenvalue weighted by atomic mass is 79.9. The minimum atomic E-state index is -0.607. The Hall–Kier alpha value is 0.0700. The van der Waals surface area contributed by atoms with E-state index in [2.05, 4.69) is 22.9 Å². The summed E-state index contributed by atoms with van der Waals surface area (Å²) in [4.78, 5) is 11.7. The molecule has 0 heterocycles. The zero-order chi connectivity index (χ0) is 19.8. The number of alkyl halides is 1. The van der Waals surface area contributed by atoms with E-state index in [4.69, 9.17) is 0 Å². The van der Waals surface area contributed by atoms with Gasteiger partial charge in [0.05, 0.1) is 21.1 Å². The van der Waals surface area contributed by atoms with Crippen LogP contribution in [0.2, 0.25) is 0 Å². The van der Waals surface area contributed by atoms with E-state index in [1.165, 1.54) is 70.6 Å². The molecule has 0 aliphatic heterocycles. The van der Waals surface area contributed by atoms with Crippen molar-refractivity contribution in [2.24, 2.45) is 0 Å². The van der Waals surface area contributed by atoms with Gasteiger partial charge >= 0.3 is 0 Å². The number of carbonyl (C=O) groups is 1. The highest BCUT2D eigenvalue weighted by molar-refractivity contribution is 9.10. The van der Waals surface area contributed by atoms with Crippen molar-refractivity contribution in [2.45, 2.75) is 108 Å². The number of unbranched alkanes of at least 4 members (excludes halogenated alkanes) is 12. The molecule has 2 atom stereocenters. The lowest BCUT2D eigenvalue weighted by Gasteiger charge is -2.28. The monoisotopic (exact) mass is 434 g/mol. The maximum atomic E-state index is 12.2. The summed E-state index contributed by atoms with van der Waals surface area (Å²) in [5, 5.41) is 10.1. The largest absolute Gasteiger partial charge is 0.386 e. The first-order valence-corrected chi connectivity index (χ1v) is 11.8. The Morgan fingerprint density at radius 1 is 0.808 bits per heavy atom. The molecule has 0 saturated carbocycles. The maximum Gasteiger partial charge on any atom is 0.149 e. The molecular formula is C22H45BrNO2+. The molecule has 0 fully saturated rings. The molecule has 1 N–H and O–H groups in total. The van der Waals surface area contributed by atoms with Crippen molar-refractivity contribution in [3.05, 3.63) is 0 Å². The van der Waals surface area contributed by atoms with E-state index in [9.17, 15) is 9.90 Å². The molecule has 0 aliphatic rings. The number of aliphatic hydroxyl groups is 1. The van der Waals surface area contributed by atoms with Crippen molar-refractivity contribution in [1.29, 1.82) is 0 Å². The van der Waals surface area contributed by atoms with Gasteiger partial charge in [0.1, 0.15) is 23.3 Å². The van der Waals surface area contributed by atoms with Gasteiger partial charge in [-0.1, -0.05) is 99.9 Å². The summed E-state index contributed by atoms with van der Waals surface area (Å²) in [6, 6.07) is 0. The Bertz CT molecular complexity index is 342. The molecule has 156 valence electrons. The number of rotatable bonds is 18. The molecule has 4 heteroatoms. The number of quaternary nitrogens is 1. The number of hydrogen-bond acceptors (Lipinski definition) is 2. The van der Waals surface area contributed by atoms with Crippen LogP contribution in [0.15, 0.2) is 0 Å². The van der Waals surface area contributed by atoms with Gasteiger partial charge in [0.2, 0.25) is 0 Å². The first-order chi connectivity index (χ1) is 12.3. The number of Topliss-reactive ketones (excluding diaryl/α,β-unsaturated/α-hetero) is 1. The lowest BCUT2D eigenvalue weighted by Crippen LogP contribution is -2.46. The molecule has 26 heavy (non-hydrogen) atoms. The minimum absolute atomic E-state index is 0.147. The number of aliphatic hydroxyl groups excluding tert-OH is 1. The summed E-state index contributed by atoms with van der Waals surface area (Å²) < 4.78 is 0.662. The molecule has 0 aliphatic carbocycles. The maximum absolute atomic E-state index is 12.2. The average Bonchev–Trinajstić information content (AvgIpc) is 2.56. The average molecular weight is 436 g/mol. The van der Waals surface area contributed by atoms with Crippen molar-refractivity contribution >= 4 is 21.7 Å². The van der Waals surface area contributed by atoms with Gasteiger partial charge < -0.3 is 9.59 Å². The second kappa shape index (κ2) is 16.1. The lowest BCUT2D eigenvalue weighted by molar-refractivity contribution is -0.873. The van der Waals surface area contributed by atoms with E-state index in [-0.39, 0.29) is 5.78 Å². The van der Waals surface area contributed by atoms with Gasteiger partial charge in [0.15, 0.2) is 0 Å². The fraction of sp³-hybridized carbons (Fsp3) is 0.955. The molecule has 0 rings (SSSR count). The van der Waals surface area contributed by atoms with Gasteiger partial charge in [-0.2, -0.15) is 0 Å². The van der Waals surface area contributed by atoms with Gasteiger partial charge in [0.25, 0.3) is 0 Å². The summed E-state index contributed by atoms with van der Waals surface area (Å²) in [6.07, 6.45) is 17.1. The molecule has 0 aromatic heterocycles. The van der Waals surface area contributed by atoms with E-state index < -0.39 is 10.9 Å². The Morgan fingerprint density at radius 2 is 1.19 bits per heavy atom.